The maximum absolute atomic E-state index is 4.30. The molecule has 86 valence electrons. The topological polar surface area (TPSA) is 79.4 Å². The molecule has 0 bridgehead atoms. The van der Waals surface area contributed by atoms with E-state index in [0.29, 0.717) is 5.82 Å². The molecule has 2 heterocycles. The Kier molecular flexibility index (Phi) is 3.58. The number of hydrogen-bond donors (Lipinski definition) is 2. The number of tetrazole rings is 1. The van der Waals surface area contributed by atoms with Crippen LogP contribution in [0.2, 0.25) is 0 Å². The fourth-order valence-electron chi connectivity index (χ4n) is 1.29. The number of nitrogens with one attached hydrogen (secondary N) is 2. The summed E-state index contributed by atoms with van der Waals surface area (Å²) in [6, 6.07) is 0.0888. The highest BCUT2D eigenvalue weighted by Gasteiger charge is 2.09. The summed E-state index contributed by atoms with van der Waals surface area (Å²) in [7, 11) is 0. The van der Waals surface area contributed by atoms with Crippen LogP contribution in [0.15, 0.2) is 6.20 Å². The number of aryl methyl sites for hydroxylation is 1. The zero-order valence-electron chi connectivity index (χ0n) is 9.27. The second kappa shape index (κ2) is 5.13. The van der Waals surface area contributed by atoms with E-state index >= 15 is 0 Å². The lowest BCUT2D eigenvalue weighted by atomic mass is 10.3. The van der Waals surface area contributed by atoms with Crippen molar-refractivity contribution in [1.82, 2.24) is 30.9 Å². The summed E-state index contributed by atoms with van der Waals surface area (Å²) in [5.41, 5.74) is 0. The van der Waals surface area contributed by atoms with Crippen molar-refractivity contribution >= 4 is 11.3 Å². The van der Waals surface area contributed by atoms with Gasteiger partial charge >= 0.3 is 0 Å². The molecule has 0 aliphatic heterocycles. The fraction of sp³-hybridized carbons (Fsp3) is 0.556. The van der Waals surface area contributed by atoms with Gasteiger partial charge in [-0.05, 0) is 13.3 Å². The van der Waals surface area contributed by atoms with Gasteiger partial charge in [0.2, 0.25) is 0 Å². The maximum Gasteiger partial charge on any atom is 0.191 e. The van der Waals surface area contributed by atoms with Crippen LogP contribution in [0.4, 0.5) is 0 Å². The predicted octanol–water partition coefficient (Wildman–Crippen LogP) is 1.07. The normalized spacial score (nSPS) is 12.9. The average Bonchev–Trinajstić information content (AvgIpc) is 2.96. The third-order valence-corrected chi connectivity index (χ3v) is 3.38. The van der Waals surface area contributed by atoms with E-state index in [-0.39, 0.29) is 6.04 Å². The molecule has 0 fully saturated rings. The van der Waals surface area contributed by atoms with E-state index in [1.807, 2.05) is 13.1 Å². The van der Waals surface area contributed by atoms with Gasteiger partial charge in [-0.3, -0.25) is 0 Å². The van der Waals surface area contributed by atoms with Crippen molar-refractivity contribution in [3.05, 3.63) is 21.9 Å². The van der Waals surface area contributed by atoms with E-state index in [2.05, 4.69) is 37.8 Å². The van der Waals surface area contributed by atoms with Gasteiger partial charge in [0.25, 0.3) is 0 Å². The van der Waals surface area contributed by atoms with Crippen LogP contribution in [0.5, 0.6) is 0 Å². The van der Waals surface area contributed by atoms with Gasteiger partial charge in [-0.1, -0.05) is 12.1 Å². The van der Waals surface area contributed by atoms with E-state index in [0.717, 1.165) is 13.0 Å². The fourth-order valence-corrected chi connectivity index (χ4v) is 2.10. The Morgan fingerprint density at radius 2 is 2.44 bits per heavy atom. The highest BCUT2D eigenvalue weighted by molar-refractivity contribution is 7.11. The second-order valence-corrected chi connectivity index (χ2v) is 4.65. The van der Waals surface area contributed by atoms with Crippen LogP contribution in [-0.4, -0.2) is 25.6 Å². The zero-order valence-corrected chi connectivity index (χ0v) is 10.1. The highest BCUT2D eigenvalue weighted by Crippen LogP contribution is 2.14. The van der Waals surface area contributed by atoms with Gasteiger partial charge in [-0.15, -0.1) is 21.5 Å². The van der Waals surface area contributed by atoms with Crippen LogP contribution < -0.4 is 5.32 Å². The summed E-state index contributed by atoms with van der Waals surface area (Å²) >= 11 is 1.73. The minimum absolute atomic E-state index is 0.0888. The lowest BCUT2D eigenvalue weighted by molar-refractivity contribution is 0.550. The first-order valence-corrected chi connectivity index (χ1v) is 6.01. The van der Waals surface area contributed by atoms with Gasteiger partial charge in [-0.25, -0.2) is 4.98 Å². The van der Waals surface area contributed by atoms with Crippen molar-refractivity contribution < 1.29 is 0 Å². The largest absolute Gasteiger partial charge is 0.302 e. The molecular weight excluding hydrogens is 224 g/mol. The Bertz CT molecular complexity index is 423. The molecule has 0 aliphatic carbocycles. The Morgan fingerprint density at radius 3 is 3.06 bits per heavy atom. The van der Waals surface area contributed by atoms with E-state index in [4.69, 9.17) is 0 Å². The Balaban J connectivity index is 1.87. The molecule has 0 saturated carbocycles. The predicted molar refractivity (Wildman–Crippen MR) is 60.9 cm³/mol. The number of aromatic amines is 1. The van der Waals surface area contributed by atoms with Gasteiger partial charge in [0.1, 0.15) is 0 Å². The van der Waals surface area contributed by atoms with Crippen molar-refractivity contribution in [1.29, 1.82) is 0 Å². The Hall–Kier alpha value is -1.34. The third kappa shape index (κ3) is 2.61. The highest BCUT2D eigenvalue weighted by atomic mass is 32.1. The Morgan fingerprint density at radius 1 is 1.56 bits per heavy atom. The molecule has 1 atom stereocenters. The van der Waals surface area contributed by atoms with E-state index < -0.39 is 0 Å². The van der Waals surface area contributed by atoms with Crippen LogP contribution in [0.1, 0.15) is 35.6 Å². The Labute approximate surface area is 97.5 Å². The van der Waals surface area contributed by atoms with Crippen LogP contribution in [-0.2, 0) is 13.0 Å². The molecule has 2 aromatic rings. The minimum Gasteiger partial charge on any atom is -0.302 e. The monoisotopic (exact) mass is 238 g/mol. The molecule has 0 saturated heterocycles. The average molecular weight is 238 g/mol. The van der Waals surface area contributed by atoms with Crippen LogP contribution >= 0.6 is 11.3 Å². The summed E-state index contributed by atoms with van der Waals surface area (Å²) in [4.78, 5) is 5.53. The number of aromatic nitrogens is 5. The molecule has 0 radical (unpaired) electrons. The summed E-state index contributed by atoms with van der Waals surface area (Å²) < 4.78 is 0. The van der Waals surface area contributed by atoms with Crippen molar-refractivity contribution in [2.45, 2.75) is 32.9 Å². The third-order valence-electron chi connectivity index (χ3n) is 2.24. The molecule has 0 aliphatic rings. The lowest BCUT2D eigenvalue weighted by Crippen LogP contribution is -2.18. The number of H-pyrrole nitrogens is 1. The van der Waals surface area contributed by atoms with Crippen molar-refractivity contribution in [2.24, 2.45) is 0 Å². The number of nitrogens with zero attached hydrogens (tertiary/aromatic N) is 4. The number of hydrogen-bond acceptors (Lipinski definition) is 6. The molecule has 0 aromatic carbocycles. The van der Waals surface area contributed by atoms with Crippen LogP contribution in [0.25, 0.3) is 0 Å². The van der Waals surface area contributed by atoms with E-state index in [1.54, 1.807) is 11.3 Å². The molecule has 0 spiro atoms. The van der Waals surface area contributed by atoms with Gasteiger partial charge in [0, 0.05) is 17.6 Å². The van der Waals surface area contributed by atoms with Crippen LogP contribution in [0, 0.1) is 0 Å². The van der Waals surface area contributed by atoms with E-state index in [9.17, 15) is 0 Å². The molecule has 7 heteroatoms. The van der Waals surface area contributed by atoms with E-state index in [1.165, 1.54) is 9.88 Å². The summed E-state index contributed by atoms with van der Waals surface area (Å²) in [5, 5.41) is 18.3. The standard InChI is InChI=1S/C9H14N6S/c1-3-8-11-5-7(16-8)4-10-6(2)9-12-14-15-13-9/h5-6,10H,3-4H2,1-2H3,(H,12,13,14,15). The summed E-state index contributed by atoms with van der Waals surface area (Å²) in [6.45, 7) is 4.90. The van der Waals surface area contributed by atoms with Gasteiger partial charge in [0.15, 0.2) is 5.82 Å². The first kappa shape index (κ1) is 11.2. The molecule has 2 aromatic heterocycles. The summed E-state index contributed by atoms with van der Waals surface area (Å²) in [5.74, 6) is 0.681. The molecule has 2 rings (SSSR count). The molecule has 1 unspecified atom stereocenters. The molecule has 0 amide bonds. The van der Waals surface area contributed by atoms with Crippen molar-refractivity contribution in [2.75, 3.05) is 0 Å². The second-order valence-electron chi connectivity index (χ2n) is 3.45. The number of thiazole rings is 1. The van der Waals surface area contributed by atoms with Gasteiger partial charge in [0.05, 0.1) is 11.0 Å². The first-order valence-electron chi connectivity index (χ1n) is 5.20. The van der Waals surface area contributed by atoms with Gasteiger partial charge in [-0.2, -0.15) is 5.21 Å². The van der Waals surface area contributed by atoms with Gasteiger partial charge < -0.3 is 5.32 Å². The lowest BCUT2D eigenvalue weighted by Gasteiger charge is -2.07. The maximum atomic E-state index is 4.30. The SMILES string of the molecule is CCc1ncc(CNC(C)c2nn[nH]n2)s1. The smallest absolute Gasteiger partial charge is 0.191 e. The van der Waals surface area contributed by atoms with Crippen LogP contribution in [0.3, 0.4) is 0 Å². The quantitative estimate of drug-likeness (QED) is 0.814. The van der Waals surface area contributed by atoms with Crippen molar-refractivity contribution in [3.63, 3.8) is 0 Å². The molecule has 6 nitrogen and oxygen atoms in total. The first-order chi connectivity index (χ1) is 7.79. The zero-order chi connectivity index (χ0) is 11.4. The molecule has 2 N–H and O–H groups in total. The minimum atomic E-state index is 0.0888. The van der Waals surface area contributed by atoms with Crippen molar-refractivity contribution in [3.8, 4) is 0 Å². The summed E-state index contributed by atoms with van der Waals surface area (Å²) in [6.07, 6.45) is 2.91. The molecule has 16 heavy (non-hydrogen) atoms. The molecular formula is C9H14N6S. The number of rotatable bonds is 5.